The van der Waals surface area contributed by atoms with Crippen molar-refractivity contribution in [2.24, 2.45) is 5.92 Å². The Kier molecular flexibility index (Phi) is 8.13. The summed E-state index contributed by atoms with van der Waals surface area (Å²) in [6, 6.07) is 10.2. The lowest BCUT2D eigenvalue weighted by Crippen LogP contribution is -2.21. The predicted octanol–water partition coefficient (Wildman–Crippen LogP) is 6.03. The molecule has 0 spiro atoms. The Hall–Kier alpha value is -2.48. The molecule has 29 heavy (non-hydrogen) atoms. The van der Waals surface area contributed by atoms with Crippen LogP contribution in [-0.2, 0) is 16.1 Å². The lowest BCUT2D eigenvalue weighted by Gasteiger charge is -2.20. The van der Waals surface area contributed by atoms with Crippen LogP contribution in [0.25, 0.3) is 0 Å². The van der Waals surface area contributed by atoms with E-state index in [1.165, 1.54) is 6.07 Å². The number of benzene rings is 2. The average molecular weight is 435 g/mol. The fourth-order valence-corrected chi connectivity index (χ4v) is 2.86. The second-order valence-electron chi connectivity index (χ2n) is 6.42. The largest absolute Gasteiger partial charge is 0.460 e. The second kappa shape index (κ2) is 10.3. The topological polar surface area (TPSA) is 44.8 Å². The molecule has 2 aromatic rings. The summed E-state index contributed by atoms with van der Waals surface area (Å²) >= 11 is 5.87. The summed E-state index contributed by atoms with van der Waals surface area (Å²) in [5.74, 6) is -2.29. The van der Waals surface area contributed by atoms with Gasteiger partial charge in [0.2, 0.25) is 0 Å². The third-order valence-corrected chi connectivity index (χ3v) is 4.22. The number of hydrogen-bond acceptors (Lipinski definition) is 4. The Morgan fingerprint density at radius 1 is 0.931 bits per heavy atom. The average Bonchev–Trinajstić information content (AvgIpc) is 2.62. The van der Waals surface area contributed by atoms with Gasteiger partial charge in [0.1, 0.15) is 6.61 Å². The second-order valence-corrected chi connectivity index (χ2v) is 6.86. The van der Waals surface area contributed by atoms with Crippen molar-refractivity contribution in [3.63, 3.8) is 0 Å². The van der Waals surface area contributed by atoms with Crippen molar-refractivity contribution in [2.75, 3.05) is 0 Å². The highest BCUT2D eigenvalue weighted by Crippen LogP contribution is 2.32. The fourth-order valence-electron chi connectivity index (χ4n) is 2.73. The molecule has 0 fully saturated rings. The van der Waals surface area contributed by atoms with E-state index in [9.17, 15) is 22.4 Å². The first-order valence-electron chi connectivity index (χ1n) is 8.62. The van der Waals surface area contributed by atoms with Crippen LogP contribution in [0.15, 0.2) is 42.5 Å². The number of ether oxygens (including phenoxy) is 3. The minimum absolute atomic E-state index is 0.0804. The molecule has 4 nitrogen and oxygen atoms in total. The summed E-state index contributed by atoms with van der Waals surface area (Å²) in [4.78, 5) is 12.6. The Morgan fingerprint density at radius 3 is 2.07 bits per heavy atom. The van der Waals surface area contributed by atoms with Crippen LogP contribution in [0.1, 0.15) is 30.9 Å². The molecule has 0 saturated heterocycles. The maximum absolute atomic E-state index is 12.6. The molecule has 0 bridgehead atoms. The molecular formula is C20H19ClF4O4. The zero-order valence-electron chi connectivity index (χ0n) is 15.6. The Balaban J connectivity index is 2.14. The van der Waals surface area contributed by atoms with Gasteiger partial charge in [0.05, 0.1) is 5.92 Å². The van der Waals surface area contributed by atoms with Gasteiger partial charge in [-0.25, -0.2) is 0 Å². The molecule has 9 heteroatoms. The predicted molar refractivity (Wildman–Crippen MR) is 98.5 cm³/mol. The van der Waals surface area contributed by atoms with Gasteiger partial charge in [-0.2, -0.15) is 17.6 Å². The van der Waals surface area contributed by atoms with E-state index in [1.807, 2.05) is 13.8 Å². The molecule has 0 aliphatic rings. The first-order chi connectivity index (χ1) is 13.7. The van der Waals surface area contributed by atoms with E-state index < -0.39 is 36.6 Å². The normalized spacial score (nSPS) is 12.3. The SMILES string of the molecule is CC(C)C(C(=O)OCc1ccc(OC(F)F)c(OC(F)F)c1)c1ccc(Cl)cc1. The van der Waals surface area contributed by atoms with Crippen LogP contribution in [0.4, 0.5) is 17.6 Å². The van der Waals surface area contributed by atoms with Crippen LogP contribution in [0.3, 0.4) is 0 Å². The number of halogens is 5. The van der Waals surface area contributed by atoms with Crippen LogP contribution in [0.2, 0.25) is 5.02 Å². The van der Waals surface area contributed by atoms with Gasteiger partial charge in [0.25, 0.3) is 0 Å². The quantitative estimate of drug-likeness (QED) is 0.357. The first-order valence-corrected chi connectivity index (χ1v) is 8.99. The maximum Gasteiger partial charge on any atom is 0.387 e. The molecular weight excluding hydrogens is 416 g/mol. The van der Waals surface area contributed by atoms with Crippen molar-refractivity contribution in [2.45, 2.75) is 39.6 Å². The van der Waals surface area contributed by atoms with Gasteiger partial charge in [0.15, 0.2) is 11.5 Å². The Bertz CT molecular complexity index is 813. The highest BCUT2D eigenvalue weighted by atomic mass is 35.5. The van der Waals surface area contributed by atoms with Crippen LogP contribution in [-0.4, -0.2) is 19.2 Å². The highest BCUT2D eigenvalue weighted by molar-refractivity contribution is 6.30. The molecule has 0 heterocycles. The minimum atomic E-state index is -3.23. The molecule has 0 aliphatic heterocycles. The molecule has 158 valence electrons. The Labute approximate surface area is 170 Å². The van der Waals surface area contributed by atoms with Crippen molar-refractivity contribution in [1.82, 2.24) is 0 Å². The first kappa shape index (κ1) is 22.8. The maximum atomic E-state index is 12.6. The third-order valence-electron chi connectivity index (χ3n) is 3.97. The molecule has 0 saturated carbocycles. The molecule has 0 amide bonds. The zero-order valence-corrected chi connectivity index (χ0v) is 16.3. The van der Waals surface area contributed by atoms with Crippen molar-refractivity contribution in [1.29, 1.82) is 0 Å². The number of esters is 1. The van der Waals surface area contributed by atoms with Gasteiger partial charge < -0.3 is 14.2 Å². The molecule has 1 atom stereocenters. The zero-order chi connectivity index (χ0) is 21.6. The van der Waals surface area contributed by atoms with Gasteiger partial charge in [-0.05, 0) is 41.3 Å². The monoisotopic (exact) mass is 434 g/mol. The summed E-state index contributed by atoms with van der Waals surface area (Å²) in [5, 5.41) is 0.530. The smallest absolute Gasteiger partial charge is 0.387 e. The number of rotatable bonds is 9. The summed E-state index contributed by atoms with van der Waals surface area (Å²) < 4.78 is 63.6. The molecule has 0 N–H and O–H groups in total. The molecule has 0 aliphatic carbocycles. The van der Waals surface area contributed by atoms with Crippen molar-refractivity contribution < 1.29 is 36.6 Å². The lowest BCUT2D eigenvalue weighted by molar-refractivity contribution is -0.148. The van der Waals surface area contributed by atoms with Gasteiger partial charge >= 0.3 is 19.2 Å². The standard InChI is InChI=1S/C20H19ClF4O4/c1-11(2)17(13-4-6-14(21)7-5-13)18(26)27-10-12-3-8-15(28-19(22)23)16(9-12)29-20(24)25/h3-9,11,17,19-20H,10H2,1-2H3. The van der Waals surface area contributed by atoms with Crippen molar-refractivity contribution in [3.05, 3.63) is 58.6 Å². The summed E-state index contributed by atoms with van der Waals surface area (Å²) in [6.45, 7) is -2.99. The molecule has 1 unspecified atom stereocenters. The van der Waals surface area contributed by atoms with E-state index in [2.05, 4.69) is 9.47 Å². The van der Waals surface area contributed by atoms with E-state index in [1.54, 1.807) is 24.3 Å². The summed E-state index contributed by atoms with van der Waals surface area (Å²) in [5.41, 5.74) is 0.992. The molecule has 2 aromatic carbocycles. The van der Waals surface area contributed by atoms with E-state index in [0.717, 1.165) is 17.7 Å². The van der Waals surface area contributed by atoms with E-state index in [-0.39, 0.29) is 18.1 Å². The Morgan fingerprint density at radius 2 is 1.52 bits per heavy atom. The van der Waals surface area contributed by atoms with Gasteiger partial charge in [0, 0.05) is 5.02 Å². The number of carbonyl (C=O) groups excluding carboxylic acids is 1. The van der Waals surface area contributed by atoms with E-state index >= 15 is 0 Å². The van der Waals surface area contributed by atoms with Crippen LogP contribution >= 0.6 is 11.6 Å². The molecule has 0 aromatic heterocycles. The highest BCUT2D eigenvalue weighted by Gasteiger charge is 2.26. The number of carbonyl (C=O) groups is 1. The molecule has 0 radical (unpaired) electrons. The number of hydrogen-bond donors (Lipinski definition) is 0. The van der Waals surface area contributed by atoms with E-state index in [4.69, 9.17) is 16.3 Å². The van der Waals surface area contributed by atoms with Crippen LogP contribution in [0.5, 0.6) is 11.5 Å². The summed E-state index contributed by atoms with van der Waals surface area (Å²) in [7, 11) is 0. The van der Waals surface area contributed by atoms with E-state index in [0.29, 0.717) is 5.02 Å². The number of alkyl halides is 4. The lowest BCUT2D eigenvalue weighted by atomic mass is 9.88. The molecule has 2 rings (SSSR count). The summed E-state index contributed by atoms with van der Waals surface area (Å²) in [6.07, 6.45) is 0. The van der Waals surface area contributed by atoms with Crippen molar-refractivity contribution >= 4 is 17.6 Å². The fraction of sp³-hybridized carbons (Fsp3) is 0.350. The van der Waals surface area contributed by atoms with Crippen LogP contribution in [0, 0.1) is 5.92 Å². The minimum Gasteiger partial charge on any atom is -0.460 e. The van der Waals surface area contributed by atoms with Gasteiger partial charge in [-0.3, -0.25) is 4.79 Å². The third kappa shape index (κ3) is 6.81. The van der Waals surface area contributed by atoms with Crippen molar-refractivity contribution in [3.8, 4) is 11.5 Å². The van der Waals surface area contributed by atoms with Crippen LogP contribution < -0.4 is 9.47 Å². The van der Waals surface area contributed by atoms with Gasteiger partial charge in [-0.15, -0.1) is 0 Å². The van der Waals surface area contributed by atoms with Gasteiger partial charge in [-0.1, -0.05) is 43.6 Å².